The summed E-state index contributed by atoms with van der Waals surface area (Å²) in [7, 11) is 1.79. The van der Waals surface area contributed by atoms with E-state index in [1.165, 1.54) is 0 Å². The Morgan fingerprint density at radius 2 is 2.05 bits per heavy atom. The van der Waals surface area contributed by atoms with Crippen LogP contribution in [0.4, 0.5) is 0 Å². The molecule has 0 saturated carbocycles. The van der Waals surface area contributed by atoms with Gasteiger partial charge in [-0.25, -0.2) is 4.98 Å². The molecule has 3 aromatic rings. The number of nitrogens with zero attached hydrogens (tertiary/aromatic N) is 3. The quantitative estimate of drug-likeness (QED) is 0.738. The van der Waals surface area contributed by atoms with E-state index in [-0.39, 0.29) is 5.91 Å². The van der Waals surface area contributed by atoms with Gasteiger partial charge in [0.2, 0.25) is 0 Å². The highest BCUT2D eigenvalue weighted by Gasteiger charge is 2.15. The molecule has 1 amide bonds. The minimum absolute atomic E-state index is 0.00619. The van der Waals surface area contributed by atoms with Crippen molar-refractivity contribution in [1.82, 2.24) is 14.3 Å². The second-order valence-electron chi connectivity index (χ2n) is 5.13. The Labute approximate surface area is 134 Å². The number of halogens is 1. The largest absolute Gasteiger partial charge is 0.342 e. The summed E-state index contributed by atoms with van der Waals surface area (Å²) in [5.41, 5.74) is 3.35. The maximum atomic E-state index is 12.4. The highest BCUT2D eigenvalue weighted by atomic mass is 35.5. The topological polar surface area (TPSA) is 37.6 Å². The number of pyridine rings is 1. The van der Waals surface area contributed by atoms with Crippen LogP contribution in [0.15, 0.2) is 48.9 Å². The van der Waals surface area contributed by atoms with Crippen LogP contribution in [0.3, 0.4) is 0 Å². The lowest BCUT2D eigenvalue weighted by molar-refractivity contribution is 0.0802. The van der Waals surface area contributed by atoms with Gasteiger partial charge < -0.3 is 9.30 Å². The average Bonchev–Trinajstić information content (AvgIpc) is 3.01. The van der Waals surface area contributed by atoms with Gasteiger partial charge >= 0.3 is 0 Å². The van der Waals surface area contributed by atoms with Gasteiger partial charge in [0.25, 0.3) is 5.91 Å². The van der Waals surface area contributed by atoms with E-state index in [4.69, 9.17) is 11.6 Å². The summed E-state index contributed by atoms with van der Waals surface area (Å²) in [4.78, 5) is 18.5. The van der Waals surface area contributed by atoms with Gasteiger partial charge in [0, 0.05) is 42.8 Å². The van der Waals surface area contributed by atoms with Crippen molar-refractivity contribution in [2.24, 2.45) is 0 Å². The van der Waals surface area contributed by atoms with Gasteiger partial charge in [-0.2, -0.15) is 0 Å². The van der Waals surface area contributed by atoms with E-state index >= 15 is 0 Å². The van der Waals surface area contributed by atoms with Crippen LogP contribution in [0.1, 0.15) is 17.3 Å². The van der Waals surface area contributed by atoms with E-state index in [0.29, 0.717) is 17.1 Å². The molecule has 0 atom stereocenters. The van der Waals surface area contributed by atoms with Crippen molar-refractivity contribution in [3.05, 3.63) is 59.5 Å². The highest BCUT2D eigenvalue weighted by molar-refractivity contribution is 6.30. The maximum Gasteiger partial charge on any atom is 0.255 e. The van der Waals surface area contributed by atoms with E-state index in [1.807, 2.05) is 54.0 Å². The molecule has 0 aliphatic carbocycles. The molecule has 5 heteroatoms. The van der Waals surface area contributed by atoms with Gasteiger partial charge in [0.05, 0.1) is 5.56 Å². The molecule has 0 saturated heterocycles. The first-order chi connectivity index (χ1) is 10.6. The zero-order valence-corrected chi connectivity index (χ0v) is 13.2. The third-order valence-electron chi connectivity index (χ3n) is 3.71. The number of hydrogen-bond donors (Lipinski definition) is 0. The lowest BCUT2D eigenvalue weighted by atomic mass is 10.0. The van der Waals surface area contributed by atoms with Crippen LogP contribution >= 0.6 is 11.6 Å². The molecule has 2 aromatic heterocycles. The number of hydrogen-bond acceptors (Lipinski definition) is 2. The molecular weight excluding hydrogens is 298 g/mol. The number of rotatable bonds is 3. The van der Waals surface area contributed by atoms with Crippen LogP contribution in [-0.4, -0.2) is 33.8 Å². The Balaban J connectivity index is 2.18. The van der Waals surface area contributed by atoms with Gasteiger partial charge in [-0.1, -0.05) is 23.7 Å². The minimum Gasteiger partial charge on any atom is -0.342 e. The highest BCUT2D eigenvalue weighted by Crippen LogP contribution is 2.26. The Bertz CT molecular complexity index is 824. The molecule has 1 aromatic carbocycles. The first-order valence-corrected chi connectivity index (χ1v) is 7.46. The summed E-state index contributed by atoms with van der Waals surface area (Å²) in [6, 6.07) is 9.43. The fraction of sp³-hybridized carbons (Fsp3) is 0.176. The Kier molecular flexibility index (Phi) is 3.86. The number of aromatic nitrogens is 2. The van der Waals surface area contributed by atoms with E-state index in [1.54, 1.807) is 18.1 Å². The SMILES string of the molecule is CCN(C)C(=O)c1cc(-c2ccc(Cl)cc2)c2nccn2c1. The summed E-state index contributed by atoms with van der Waals surface area (Å²) in [6.07, 6.45) is 5.39. The van der Waals surface area contributed by atoms with Crippen LogP contribution in [0.2, 0.25) is 5.02 Å². The number of carbonyl (C=O) groups excluding carboxylic acids is 1. The molecular formula is C17H16ClN3O. The summed E-state index contributed by atoms with van der Waals surface area (Å²) >= 11 is 5.96. The van der Waals surface area contributed by atoms with E-state index in [9.17, 15) is 4.79 Å². The van der Waals surface area contributed by atoms with Crippen molar-refractivity contribution in [3.8, 4) is 11.1 Å². The smallest absolute Gasteiger partial charge is 0.255 e. The monoisotopic (exact) mass is 313 g/mol. The number of fused-ring (bicyclic) bond motifs is 1. The fourth-order valence-corrected chi connectivity index (χ4v) is 2.48. The molecule has 0 unspecified atom stereocenters. The van der Waals surface area contributed by atoms with Crippen molar-refractivity contribution < 1.29 is 4.79 Å². The number of benzene rings is 1. The molecule has 0 bridgehead atoms. The van der Waals surface area contributed by atoms with Crippen LogP contribution in [0.25, 0.3) is 16.8 Å². The zero-order valence-electron chi connectivity index (χ0n) is 12.5. The Hall–Kier alpha value is -2.33. The standard InChI is InChI=1S/C17H16ClN3O/c1-3-20(2)17(22)13-10-15(12-4-6-14(18)7-5-12)16-19-8-9-21(16)11-13/h4-11H,3H2,1-2H3. The maximum absolute atomic E-state index is 12.4. The van der Waals surface area contributed by atoms with Crippen LogP contribution in [-0.2, 0) is 0 Å². The average molecular weight is 314 g/mol. The van der Waals surface area contributed by atoms with Crippen molar-refractivity contribution in [2.75, 3.05) is 13.6 Å². The molecule has 0 spiro atoms. The predicted octanol–water partition coefficient (Wildman–Crippen LogP) is 3.75. The molecule has 3 rings (SSSR count). The van der Waals surface area contributed by atoms with Gasteiger partial charge in [0.15, 0.2) is 0 Å². The molecule has 0 radical (unpaired) electrons. The lowest BCUT2D eigenvalue weighted by Gasteiger charge is -2.15. The normalized spacial score (nSPS) is 10.9. The van der Waals surface area contributed by atoms with Crippen LogP contribution in [0.5, 0.6) is 0 Å². The molecule has 0 N–H and O–H groups in total. The molecule has 2 heterocycles. The number of amides is 1. The summed E-state index contributed by atoms with van der Waals surface area (Å²) in [6.45, 7) is 2.62. The molecule has 4 nitrogen and oxygen atoms in total. The first kappa shape index (κ1) is 14.6. The predicted molar refractivity (Wildman–Crippen MR) is 88.3 cm³/mol. The molecule has 22 heavy (non-hydrogen) atoms. The molecule has 0 fully saturated rings. The Morgan fingerprint density at radius 1 is 1.32 bits per heavy atom. The van der Waals surface area contributed by atoms with E-state index in [0.717, 1.165) is 16.8 Å². The fourth-order valence-electron chi connectivity index (χ4n) is 2.36. The third kappa shape index (κ3) is 2.57. The Morgan fingerprint density at radius 3 is 2.73 bits per heavy atom. The number of carbonyl (C=O) groups is 1. The van der Waals surface area contributed by atoms with Crippen LogP contribution < -0.4 is 0 Å². The van der Waals surface area contributed by atoms with Gasteiger partial charge in [-0.15, -0.1) is 0 Å². The van der Waals surface area contributed by atoms with Crippen molar-refractivity contribution in [3.63, 3.8) is 0 Å². The molecule has 0 aliphatic rings. The van der Waals surface area contributed by atoms with Crippen molar-refractivity contribution in [2.45, 2.75) is 6.92 Å². The second kappa shape index (κ2) is 5.81. The van der Waals surface area contributed by atoms with Gasteiger partial charge in [-0.3, -0.25) is 4.79 Å². The van der Waals surface area contributed by atoms with Gasteiger partial charge in [0.1, 0.15) is 5.65 Å². The van der Waals surface area contributed by atoms with E-state index < -0.39 is 0 Å². The van der Waals surface area contributed by atoms with Crippen LogP contribution in [0, 0.1) is 0 Å². The summed E-state index contributed by atoms with van der Waals surface area (Å²) in [5.74, 6) is -0.00619. The first-order valence-electron chi connectivity index (χ1n) is 7.08. The molecule has 0 aliphatic heterocycles. The summed E-state index contributed by atoms with van der Waals surface area (Å²) in [5, 5.41) is 0.682. The lowest BCUT2D eigenvalue weighted by Crippen LogP contribution is -2.26. The third-order valence-corrected chi connectivity index (χ3v) is 3.96. The van der Waals surface area contributed by atoms with E-state index in [2.05, 4.69) is 4.98 Å². The van der Waals surface area contributed by atoms with Crippen molar-refractivity contribution in [1.29, 1.82) is 0 Å². The summed E-state index contributed by atoms with van der Waals surface area (Å²) < 4.78 is 1.88. The van der Waals surface area contributed by atoms with Gasteiger partial charge in [-0.05, 0) is 30.7 Å². The zero-order chi connectivity index (χ0) is 15.7. The number of imidazole rings is 1. The minimum atomic E-state index is -0.00619. The second-order valence-corrected chi connectivity index (χ2v) is 5.56. The van der Waals surface area contributed by atoms with Crippen molar-refractivity contribution >= 4 is 23.2 Å². The molecule has 112 valence electrons.